The van der Waals surface area contributed by atoms with E-state index in [2.05, 4.69) is 0 Å². The maximum atomic E-state index is 13.4. The van der Waals surface area contributed by atoms with Crippen LogP contribution in [0.3, 0.4) is 0 Å². The second kappa shape index (κ2) is 8.29. The molecule has 0 saturated carbocycles. The van der Waals surface area contributed by atoms with E-state index in [-0.39, 0.29) is 21.3 Å². The Labute approximate surface area is 183 Å². The number of benzene rings is 2. The van der Waals surface area contributed by atoms with Gasteiger partial charge in [0.05, 0.1) is 35.2 Å². The number of anilines is 1. The van der Waals surface area contributed by atoms with Gasteiger partial charge in [-0.1, -0.05) is 41.4 Å². The minimum atomic E-state index is -3.91. The second-order valence-corrected chi connectivity index (χ2v) is 9.29. The summed E-state index contributed by atoms with van der Waals surface area (Å²) in [5.74, 6) is -1.19. The second-order valence-electron chi connectivity index (χ2n) is 6.59. The number of carbonyl (C=O) groups is 2. The number of sulfonamides is 1. The Morgan fingerprint density at radius 1 is 1.13 bits per heavy atom. The number of para-hydroxylation sites is 1. The van der Waals surface area contributed by atoms with Gasteiger partial charge in [0.25, 0.3) is 5.91 Å². The molecular formula is C20H18Cl2N2O5S. The molecule has 0 fully saturated rings. The van der Waals surface area contributed by atoms with Crippen molar-refractivity contribution >= 4 is 61.7 Å². The Hall–Kier alpha value is -2.55. The molecule has 3 aromatic rings. The first-order valence-electron chi connectivity index (χ1n) is 8.73. The van der Waals surface area contributed by atoms with Crippen molar-refractivity contribution in [3.63, 3.8) is 0 Å². The van der Waals surface area contributed by atoms with E-state index in [1.807, 2.05) is 0 Å². The first kappa shape index (κ1) is 22.1. The standard InChI is InChI=1S/C20H18Cl2N2O5S/c1-12(24(30(3,27)28)18-10-13(21)8-9-16(18)22)19(25)23-11-15(20(26)29-2)14-6-4-5-7-17(14)23/h4-12H,1-3H3. The molecule has 2 aromatic carbocycles. The molecule has 30 heavy (non-hydrogen) atoms. The molecule has 0 bridgehead atoms. The van der Waals surface area contributed by atoms with E-state index in [0.29, 0.717) is 10.9 Å². The molecule has 0 amide bonds. The molecular weight excluding hydrogens is 451 g/mol. The lowest BCUT2D eigenvalue weighted by Gasteiger charge is -2.29. The van der Waals surface area contributed by atoms with Crippen molar-refractivity contribution in [1.29, 1.82) is 0 Å². The lowest BCUT2D eigenvalue weighted by atomic mass is 10.2. The number of rotatable bonds is 5. The number of carbonyl (C=O) groups excluding carboxylic acids is 2. The van der Waals surface area contributed by atoms with E-state index >= 15 is 0 Å². The third kappa shape index (κ3) is 4.03. The Balaban J connectivity index is 2.16. The molecule has 0 aliphatic carbocycles. The largest absolute Gasteiger partial charge is 0.465 e. The minimum absolute atomic E-state index is 0.0807. The predicted octanol–water partition coefficient (Wildman–Crippen LogP) is 4.23. The zero-order valence-electron chi connectivity index (χ0n) is 16.3. The molecule has 1 atom stereocenters. The summed E-state index contributed by atoms with van der Waals surface area (Å²) in [6.45, 7) is 1.44. The van der Waals surface area contributed by atoms with Gasteiger partial charge in [-0.3, -0.25) is 13.7 Å². The summed E-state index contributed by atoms with van der Waals surface area (Å²) in [6, 6.07) is 9.93. The summed E-state index contributed by atoms with van der Waals surface area (Å²) in [6.07, 6.45) is 2.32. The van der Waals surface area contributed by atoms with E-state index in [1.165, 1.54) is 43.0 Å². The highest BCUT2D eigenvalue weighted by Crippen LogP contribution is 2.33. The molecule has 1 aromatic heterocycles. The van der Waals surface area contributed by atoms with E-state index in [9.17, 15) is 18.0 Å². The average molecular weight is 469 g/mol. The Bertz CT molecular complexity index is 1250. The number of fused-ring (bicyclic) bond motifs is 1. The maximum Gasteiger partial charge on any atom is 0.340 e. The van der Waals surface area contributed by atoms with Gasteiger partial charge in [-0.25, -0.2) is 13.2 Å². The van der Waals surface area contributed by atoms with Gasteiger partial charge in [0.2, 0.25) is 10.0 Å². The average Bonchev–Trinajstić information content (AvgIpc) is 3.08. The van der Waals surface area contributed by atoms with Crippen molar-refractivity contribution < 1.29 is 22.7 Å². The number of halogens is 2. The summed E-state index contributed by atoms with van der Waals surface area (Å²) in [5, 5.41) is 0.899. The number of hydrogen-bond donors (Lipinski definition) is 0. The highest BCUT2D eigenvalue weighted by molar-refractivity contribution is 7.92. The van der Waals surface area contributed by atoms with Gasteiger partial charge in [-0.15, -0.1) is 0 Å². The number of methoxy groups -OCH3 is 1. The smallest absolute Gasteiger partial charge is 0.340 e. The first-order valence-corrected chi connectivity index (χ1v) is 11.3. The van der Waals surface area contributed by atoms with Crippen LogP contribution < -0.4 is 4.31 Å². The SMILES string of the molecule is COC(=O)c1cn(C(=O)C(C)N(c2cc(Cl)ccc2Cl)S(C)(=O)=O)c2ccccc12. The molecule has 0 saturated heterocycles. The summed E-state index contributed by atoms with van der Waals surface area (Å²) < 4.78 is 32.1. The van der Waals surface area contributed by atoms with Crippen LogP contribution in [0.4, 0.5) is 5.69 Å². The number of aromatic nitrogens is 1. The summed E-state index contributed by atoms with van der Waals surface area (Å²) >= 11 is 12.2. The van der Waals surface area contributed by atoms with E-state index in [0.717, 1.165) is 10.6 Å². The van der Waals surface area contributed by atoms with E-state index in [4.69, 9.17) is 27.9 Å². The van der Waals surface area contributed by atoms with Crippen molar-refractivity contribution in [2.75, 3.05) is 17.7 Å². The van der Waals surface area contributed by atoms with Gasteiger partial charge in [0.1, 0.15) is 6.04 Å². The topological polar surface area (TPSA) is 85.7 Å². The molecule has 0 N–H and O–H groups in total. The third-order valence-corrected chi connectivity index (χ3v) is 6.35. The van der Waals surface area contributed by atoms with Gasteiger partial charge < -0.3 is 4.74 Å². The fourth-order valence-corrected chi connectivity index (χ4v) is 4.86. The fraction of sp³-hybridized carbons (Fsp3) is 0.200. The lowest BCUT2D eigenvalue weighted by molar-refractivity contribution is 0.0603. The number of ether oxygens (including phenoxy) is 1. The molecule has 1 heterocycles. The van der Waals surface area contributed by atoms with Crippen LogP contribution in [0.15, 0.2) is 48.7 Å². The van der Waals surface area contributed by atoms with Gasteiger partial charge >= 0.3 is 5.97 Å². The van der Waals surface area contributed by atoms with Crippen molar-refractivity contribution in [2.24, 2.45) is 0 Å². The molecule has 10 heteroatoms. The van der Waals surface area contributed by atoms with Crippen LogP contribution in [-0.2, 0) is 14.8 Å². The summed E-state index contributed by atoms with van der Waals surface area (Å²) in [7, 11) is -2.67. The molecule has 0 spiro atoms. The van der Waals surface area contributed by atoms with Crippen molar-refractivity contribution in [3.05, 3.63) is 64.3 Å². The van der Waals surface area contributed by atoms with Crippen LogP contribution in [0.1, 0.15) is 22.1 Å². The maximum absolute atomic E-state index is 13.4. The zero-order chi connectivity index (χ0) is 22.2. The molecule has 0 aliphatic heterocycles. The molecule has 7 nitrogen and oxygen atoms in total. The monoisotopic (exact) mass is 468 g/mol. The molecule has 0 radical (unpaired) electrons. The normalized spacial score (nSPS) is 12.6. The Morgan fingerprint density at radius 2 is 1.80 bits per heavy atom. The third-order valence-electron chi connectivity index (χ3n) is 4.57. The van der Waals surface area contributed by atoms with Crippen LogP contribution in [0.2, 0.25) is 10.0 Å². The van der Waals surface area contributed by atoms with Crippen LogP contribution in [-0.4, -0.2) is 44.3 Å². The number of nitrogens with zero attached hydrogens (tertiary/aromatic N) is 2. The Kier molecular flexibility index (Phi) is 6.12. The van der Waals surface area contributed by atoms with Crippen molar-refractivity contribution in [1.82, 2.24) is 4.57 Å². The van der Waals surface area contributed by atoms with Gasteiger partial charge in [0, 0.05) is 16.6 Å². The lowest BCUT2D eigenvalue weighted by Crippen LogP contribution is -2.45. The number of esters is 1. The van der Waals surface area contributed by atoms with Crippen molar-refractivity contribution in [2.45, 2.75) is 13.0 Å². The highest BCUT2D eigenvalue weighted by Gasteiger charge is 2.33. The van der Waals surface area contributed by atoms with Crippen LogP contribution in [0, 0.1) is 0 Å². The van der Waals surface area contributed by atoms with Gasteiger partial charge in [-0.05, 0) is 31.2 Å². The van der Waals surface area contributed by atoms with Crippen LogP contribution in [0.25, 0.3) is 10.9 Å². The van der Waals surface area contributed by atoms with Crippen LogP contribution >= 0.6 is 23.2 Å². The van der Waals surface area contributed by atoms with Gasteiger partial charge in [0.15, 0.2) is 0 Å². The van der Waals surface area contributed by atoms with E-state index < -0.39 is 27.9 Å². The minimum Gasteiger partial charge on any atom is -0.465 e. The molecule has 1 unspecified atom stereocenters. The highest BCUT2D eigenvalue weighted by atomic mass is 35.5. The molecule has 158 valence electrons. The predicted molar refractivity (Wildman–Crippen MR) is 117 cm³/mol. The summed E-state index contributed by atoms with van der Waals surface area (Å²) in [5.41, 5.74) is 0.720. The van der Waals surface area contributed by atoms with Crippen LogP contribution in [0.5, 0.6) is 0 Å². The van der Waals surface area contributed by atoms with Gasteiger partial charge in [-0.2, -0.15) is 0 Å². The molecule has 0 aliphatic rings. The van der Waals surface area contributed by atoms with E-state index in [1.54, 1.807) is 24.3 Å². The quantitative estimate of drug-likeness (QED) is 0.522. The molecule has 3 rings (SSSR count). The zero-order valence-corrected chi connectivity index (χ0v) is 18.6. The summed E-state index contributed by atoms with van der Waals surface area (Å²) in [4.78, 5) is 25.5. The fourth-order valence-electron chi connectivity index (χ4n) is 3.27. The van der Waals surface area contributed by atoms with Crippen molar-refractivity contribution in [3.8, 4) is 0 Å². The number of hydrogen-bond acceptors (Lipinski definition) is 5. The Morgan fingerprint density at radius 3 is 2.43 bits per heavy atom. The first-order chi connectivity index (χ1) is 14.1.